The lowest BCUT2D eigenvalue weighted by Crippen LogP contribution is -2.52. The minimum absolute atomic E-state index is 0.0245. The SMILES string of the molecule is O=C(NCCCOC1CCCCC1)N1CCN(c2cnccn2)CC1. The van der Waals surface area contributed by atoms with Crippen LogP contribution in [0.15, 0.2) is 18.6 Å². The standard InChI is InChI=1S/C18H29N5O2/c24-18(21-7-4-14-25-16-5-2-1-3-6-16)23-12-10-22(11-13-23)17-15-19-8-9-20-17/h8-9,15-16H,1-7,10-14H2,(H,21,24). The van der Waals surface area contributed by atoms with Crippen LogP contribution in [0.1, 0.15) is 38.5 Å². The van der Waals surface area contributed by atoms with E-state index >= 15 is 0 Å². The lowest BCUT2D eigenvalue weighted by Gasteiger charge is -2.35. The van der Waals surface area contributed by atoms with Gasteiger partial charge in [0.25, 0.3) is 0 Å². The molecular formula is C18H29N5O2. The highest BCUT2D eigenvalue weighted by Crippen LogP contribution is 2.20. The van der Waals surface area contributed by atoms with Crippen LogP contribution in [0, 0.1) is 0 Å². The van der Waals surface area contributed by atoms with Crippen LogP contribution in [0.4, 0.5) is 10.6 Å². The van der Waals surface area contributed by atoms with Crippen LogP contribution in [0.2, 0.25) is 0 Å². The molecule has 0 bridgehead atoms. The smallest absolute Gasteiger partial charge is 0.317 e. The second kappa shape index (κ2) is 9.56. The summed E-state index contributed by atoms with van der Waals surface area (Å²) in [6.45, 7) is 4.41. The molecule has 2 heterocycles. The van der Waals surface area contributed by atoms with Crippen molar-refractivity contribution in [2.45, 2.75) is 44.6 Å². The summed E-state index contributed by atoms with van der Waals surface area (Å²) in [5, 5.41) is 3.01. The molecule has 138 valence electrons. The minimum atomic E-state index is 0.0245. The summed E-state index contributed by atoms with van der Waals surface area (Å²) in [4.78, 5) is 24.7. The van der Waals surface area contributed by atoms with E-state index in [0.29, 0.717) is 25.7 Å². The van der Waals surface area contributed by atoms with Gasteiger partial charge in [-0.3, -0.25) is 4.98 Å². The number of hydrogen-bond donors (Lipinski definition) is 1. The van der Waals surface area contributed by atoms with Crippen LogP contribution < -0.4 is 10.2 Å². The Bertz CT molecular complexity index is 513. The predicted molar refractivity (Wildman–Crippen MR) is 96.7 cm³/mol. The first-order valence-electron chi connectivity index (χ1n) is 9.48. The quantitative estimate of drug-likeness (QED) is 0.798. The molecule has 7 heteroatoms. The zero-order chi connectivity index (χ0) is 17.3. The van der Waals surface area contributed by atoms with Crippen molar-refractivity contribution in [3.05, 3.63) is 18.6 Å². The number of amides is 2. The van der Waals surface area contributed by atoms with Crippen molar-refractivity contribution < 1.29 is 9.53 Å². The highest BCUT2D eigenvalue weighted by Gasteiger charge is 2.21. The summed E-state index contributed by atoms with van der Waals surface area (Å²) in [5.41, 5.74) is 0. The Balaban J connectivity index is 1.28. The Morgan fingerprint density at radius 3 is 2.68 bits per heavy atom. The summed E-state index contributed by atoms with van der Waals surface area (Å²) in [6, 6.07) is 0.0245. The van der Waals surface area contributed by atoms with E-state index in [-0.39, 0.29) is 6.03 Å². The monoisotopic (exact) mass is 347 g/mol. The van der Waals surface area contributed by atoms with Crippen LogP contribution in [-0.4, -0.2) is 66.3 Å². The molecule has 0 atom stereocenters. The average molecular weight is 347 g/mol. The van der Waals surface area contributed by atoms with Gasteiger partial charge in [-0.2, -0.15) is 0 Å². The van der Waals surface area contributed by atoms with Gasteiger partial charge in [0, 0.05) is 51.7 Å². The van der Waals surface area contributed by atoms with Crippen LogP contribution in [0.25, 0.3) is 0 Å². The number of ether oxygens (including phenoxy) is 1. The lowest BCUT2D eigenvalue weighted by atomic mass is 9.98. The second-order valence-corrected chi connectivity index (χ2v) is 6.75. The van der Waals surface area contributed by atoms with Gasteiger partial charge in [0.15, 0.2) is 0 Å². The first kappa shape index (κ1) is 17.9. The summed E-state index contributed by atoms with van der Waals surface area (Å²) in [5.74, 6) is 0.877. The molecule has 1 aromatic rings. The zero-order valence-corrected chi connectivity index (χ0v) is 14.9. The number of carbonyl (C=O) groups is 1. The maximum Gasteiger partial charge on any atom is 0.317 e. The summed E-state index contributed by atoms with van der Waals surface area (Å²) in [7, 11) is 0. The van der Waals surface area contributed by atoms with E-state index in [1.54, 1.807) is 18.6 Å². The van der Waals surface area contributed by atoms with Gasteiger partial charge < -0.3 is 19.9 Å². The summed E-state index contributed by atoms with van der Waals surface area (Å²) < 4.78 is 5.89. The van der Waals surface area contributed by atoms with E-state index in [1.165, 1.54) is 32.1 Å². The van der Waals surface area contributed by atoms with E-state index in [9.17, 15) is 4.79 Å². The molecule has 1 aliphatic carbocycles. The largest absolute Gasteiger partial charge is 0.378 e. The molecule has 2 amide bonds. The molecule has 0 radical (unpaired) electrons. The van der Waals surface area contributed by atoms with Gasteiger partial charge >= 0.3 is 6.03 Å². The lowest BCUT2D eigenvalue weighted by molar-refractivity contribution is 0.0274. The topological polar surface area (TPSA) is 70.6 Å². The first-order valence-corrected chi connectivity index (χ1v) is 9.48. The molecule has 1 saturated heterocycles. The van der Waals surface area contributed by atoms with E-state index in [4.69, 9.17) is 4.74 Å². The van der Waals surface area contributed by atoms with Gasteiger partial charge in [-0.25, -0.2) is 9.78 Å². The van der Waals surface area contributed by atoms with Gasteiger partial charge in [-0.15, -0.1) is 0 Å². The fourth-order valence-electron chi connectivity index (χ4n) is 3.45. The number of carbonyl (C=O) groups excluding carboxylic acids is 1. The van der Waals surface area contributed by atoms with Crippen molar-refractivity contribution in [3.63, 3.8) is 0 Å². The number of anilines is 1. The molecule has 2 aliphatic rings. The van der Waals surface area contributed by atoms with Gasteiger partial charge in [-0.1, -0.05) is 19.3 Å². The van der Waals surface area contributed by atoms with Crippen LogP contribution in [0.5, 0.6) is 0 Å². The molecule has 1 aliphatic heterocycles. The third-order valence-electron chi connectivity index (χ3n) is 4.94. The highest BCUT2D eigenvalue weighted by atomic mass is 16.5. The number of aromatic nitrogens is 2. The number of piperazine rings is 1. The van der Waals surface area contributed by atoms with Crippen LogP contribution >= 0.6 is 0 Å². The summed E-state index contributed by atoms with van der Waals surface area (Å²) in [6.07, 6.45) is 12.8. The first-order chi connectivity index (χ1) is 12.3. The van der Waals surface area contributed by atoms with Gasteiger partial charge in [0.2, 0.25) is 0 Å². The molecule has 1 aromatic heterocycles. The van der Waals surface area contributed by atoms with Gasteiger partial charge in [-0.05, 0) is 19.3 Å². The molecular weight excluding hydrogens is 318 g/mol. The van der Waals surface area contributed by atoms with Crippen molar-refractivity contribution in [2.75, 3.05) is 44.2 Å². The highest BCUT2D eigenvalue weighted by molar-refractivity contribution is 5.74. The summed E-state index contributed by atoms with van der Waals surface area (Å²) >= 11 is 0. The van der Waals surface area contributed by atoms with Crippen molar-refractivity contribution >= 4 is 11.8 Å². The van der Waals surface area contributed by atoms with Gasteiger partial charge in [0.05, 0.1) is 12.3 Å². The fourth-order valence-corrected chi connectivity index (χ4v) is 3.45. The van der Waals surface area contributed by atoms with Crippen molar-refractivity contribution in [1.29, 1.82) is 0 Å². The van der Waals surface area contributed by atoms with E-state index in [2.05, 4.69) is 20.2 Å². The molecule has 25 heavy (non-hydrogen) atoms. The molecule has 3 rings (SSSR count). The van der Waals surface area contributed by atoms with E-state index in [1.807, 2.05) is 4.90 Å². The molecule has 1 saturated carbocycles. The second-order valence-electron chi connectivity index (χ2n) is 6.75. The van der Waals surface area contributed by atoms with E-state index in [0.717, 1.165) is 31.9 Å². The Hall–Kier alpha value is -1.89. The van der Waals surface area contributed by atoms with E-state index < -0.39 is 0 Å². The molecule has 0 unspecified atom stereocenters. The van der Waals surface area contributed by atoms with Crippen LogP contribution in [-0.2, 0) is 4.74 Å². The maximum atomic E-state index is 12.2. The zero-order valence-electron chi connectivity index (χ0n) is 14.9. The molecule has 0 spiro atoms. The Morgan fingerprint density at radius 2 is 1.96 bits per heavy atom. The number of rotatable bonds is 6. The van der Waals surface area contributed by atoms with Crippen molar-refractivity contribution in [2.24, 2.45) is 0 Å². The van der Waals surface area contributed by atoms with Crippen LogP contribution in [0.3, 0.4) is 0 Å². The van der Waals surface area contributed by atoms with Gasteiger partial charge in [0.1, 0.15) is 5.82 Å². The average Bonchev–Trinajstić information content (AvgIpc) is 2.69. The normalized spacial score (nSPS) is 19.0. The molecule has 1 N–H and O–H groups in total. The van der Waals surface area contributed by atoms with Crippen molar-refractivity contribution in [3.8, 4) is 0 Å². The minimum Gasteiger partial charge on any atom is -0.378 e. The maximum absolute atomic E-state index is 12.2. The molecule has 7 nitrogen and oxygen atoms in total. The molecule has 2 fully saturated rings. The number of nitrogens with zero attached hydrogens (tertiary/aromatic N) is 4. The number of hydrogen-bond acceptors (Lipinski definition) is 5. The third-order valence-corrected chi connectivity index (χ3v) is 4.94. The van der Waals surface area contributed by atoms with Crippen molar-refractivity contribution in [1.82, 2.24) is 20.2 Å². The Labute approximate surface area is 149 Å². The fraction of sp³-hybridized carbons (Fsp3) is 0.722. The molecule has 0 aromatic carbocycles. The Morgan fingerprint density at radius 1 is 1.16 bits per heavy atom. The number of nitrogens with one attached hydrogen (secondary N) is 1. The Kier molecular flexibility index (Phi) is 6.85. The predicted octanol–water partition coefficient (Wildman–Crippen LogP) is 2.05. The third kappa shape index (κ3) is 5.56. The number of urea groups is 1.